The maximum Gasteiger partial charge on any atom is 0.220 e. The highest BCUT2D eigenvalue weighted by Gasteiger charge is 2.09. The van der Waals surface area contributed by atoms with Crippen LogP contribution < -0.4 is 5.32 Å². The fourth-order valence-electron chi connectivity index (χ4n) is 1.98. The SMILES string of the molecule is CCc1ccc(C(=O)CCC(=O)NCc2cccs2)cc1. The van der Waals surface area contributed by atoms with Gasteiger partial charge in [0, 0.05) is 23.3 Å². The minimum absolute atomic E-state index is 0.0175. The third-order valence-electron chi connectivity index (χ3n) is 3.30. The number of ketones is 1. The normalized spacial score (nSPS) is 10.3. The third-order valence-corrected chi connectivity index (χ3v) is 4.18. The average Bonchev–Trinajstić information content (AvgIpc) is 3.04. The molecule has 0 spiro atoms. The summed E-state index contributed by atoms with van der Waals surface area (Å²) in [6.07, 6.45) is 1.45. The summed E-state index contributed by atoms with van der Waals surface area (Å²) in [6.45, 7) is 2.62. The molecule has 0 unspecified atom stereocenters. The van der Waals surface area contributed by atoms with E-state index in [0.717, 1.165) is 11.3 Å². The van der Waals surface area contributed by atoms with E-state index in [4.69, 9.17) is 0 Å². The predicted molar refractivity (Wildman–Crippen MR) is 85.6 cm³/mol. The molecule has 2 rings (SSSR count). The Bertz CT molecular complexity index is 588. The second-order valence-corrected chi connectivity index (χ2v) is 5.86. The number of carbonyl (C=O) groups is 2. The first-order valence-corrected chi connectivity index (χ1v) is 7.98. The Morgan fingerprint density at radius 2 is 1.86 bits per heavy atom. The molecule has 1 aromatic carbocycles. The van der Waals surface area contributed by atoms with Crippen molar-refractivity contribution in [3.63, 3.8) is 0 Å². The van der Waals surface area contributed by atoms with Gasteiger partial charge >= 0.3 is 0 Å². The molecule has 1 aromatic heterocycles. The Morgan fingerprint density at radius 1 is 1.10 bits per heavy atom. The molecule has 0 saturated heterocycles. The number of amides is 1. The van der Waals surface area contributed by atoms with Crippen LogP contribution in [0.1, 0.15) is 40.6 Å². The predicted octanol–water partition coefficient (Wildman–Crippen LogP) is 3.59. The van der Waals surface area contributed by atoms with Crippen molar-refractivity contribution in [2.75, 3.05) is 0 Å². The smallest absolute Gasteiger partial charge is 0.220 e. The molecule has 0 radical (unpaired) electrons. The second kappa shape index (κ2) is 7.74. The van der Waals surface area contributed by atoms with E-state index in [1.807, 2.05) is 41.8 Å². The monoisotopic (exact) mass is 301 g/mol. The molecule has 4 heteroatoms. The molecule has 0 fully saturated rings. The second-order valence-electron chi connectivity index (χ2n) is 4.83. The zero-order chi connectivity index (χ0) is 15.1. The molecular weight excluding hydrogens is 282 g/mol. The molecule has 3 nitrogen and oxygen atoms in total. The maximum absolute atomic E-state index is 12.0. The molecule has 0 aliphatic rings. The van der Waals surface area contributed by atoms with Crippen LogP contribution in [0.4, 0.5) is 0 Å². The van der Waals surface area contributed by atoms with Gasteiger partial charge in [-0.25, -0.2) is 0 Å². The number of benzene rings is 1. The van der Waals surface area contributed by atoms with Gasteiger partial charge in [-0.05, 0) is 23.4 Å². The third kappa shape index (κ3) is 4.83. The summed E-state index contributed by atoms with van der Waals surface area (Å²) in [5.74, 6) is -0.0640. The van der Waals surface area contributed by atoms with Gasteiger partial charge in [0.2, 0.25) is 5.91 Å². The van der Waals surface area contributed by atoms with Crippen molar-refractivity contribution in [1.82, 2.24) is 5.32 Å². The molecular formula is C17H19NO2S. The summed E-state index contributed by atoms with van der Waals surface area (Å²) in [6, 6.07) is 11.5. The highest BCUT2D eigenvalue weighted by Crippen LogP contribution is 2.10. The summed E-state index contributed by atoms with van der Waals surface area (Å²) >= 11 is 1.61. The van der Waals surface area contributed by atoms with Gasteiger partial charge in [-0.2, -0.15) is 0 Å². The van der Waals surface area contributed by atoms with E-state index in [-0.39, 0.29) is 24.5 Å². The van der Waals surface area contributed by atoms with Crippen LogP contribution in [0, 0.1) is 0 Å². The van der Waals surface area contributed by atoms with Crippen molar-refractivity contribution < 1.29 is 9.59 Å². The number of hydrogen-bond donors (Lipinski definition) is 1. The molecule has 0 aliphatic carbocycles. The molecule has 0 saturated carbocycles. The van der Waals surface area contributed by atoms with Gasteiger partial charge < -0.3 is 5.32 Å². The van der Waals surface area contributed by atoms with Crippen molar-refractivity contribution in [2.24, 2.45) is 0 Å². The van der Waals surface area contributed by atoms with Crippen molar-refractivity contribution >= 4 is 23.0 Å². The average molecular weight is 301 g/mol. The van der Waals surface area contributed by atoms with Crippen LogP contribution in [0.5, 0.6) is 0 Å². The Morgan fingerprint density at radius 3 is 2.48 bits per heavy atom. The molecule has 110 valence electrons. The van der Waals surface area contributed by atoms with Crippen LogP contribution in [0.2, 0.25) is 0 Å². The van der Waals surface area contributed by atoms with Gasteiger partial charge in [-0.1, -0.05) is 37.3 Å². The van der Waals surface area contributed by atoms with E-state index in [2.05, 4.69) is 12.2 Å². The van der Waals surface area contributed by atoms with E-state index in [1.54, 1.807) is 11.3 Å². The van der Waals surface area contributed by atoms with Crippen molar-refractivity contribution in [3.05, 3.63) is 57.8 Å². The number of rotatable bonds is 7. The highest BCUT2D eigenvalue weighted by atomic mass is 32.1. The van der Waals surface area contributed by atoms with Gasteiger partial charge in [0.15, 0.2) is 5.78 Å². The number of carbonyl (C=O) groups excluding carboxylic acids is 2. The quantitative estimate of drug-likeness (QED) is 0.794. The van der Waals surface area contributed by atoms with Gasteiger partial charge in [-0.15, -0.1) is 11.3 Å². The summed E-state index contributed by atoms with van der Waals surface area (Å²) in [5.41, 5.74) is 1.89. The Labute approximate surface area is 129 Å². The summed E-state index contributed by atoms with van der Waals surface area (Å²) in [5, 5.41) is 4.81. The first-order valence-electron chi connectivity index (χ1n) is 7.10. The molecule has 0 bridgehead atoms. The number of Topliss-reactive ketones (excluding diaryl/α,β-unsaturated/α-hetero) is 1. The van der Waals surface area contributed by atoms with Crippen molar-refractivity contribution in [1.29, 1.82) is 0 Å². The van der Waals surface area contributed by atoms with Crippen molar-refractivity contribution in [2.45, 2.75) is 32.7 Å². The van der Waals surface area contributed by atoms with E-state index in [1.165, 1.54) is 5.56 Å². The van der Waals surface area contributed by atoms with Gasteiger partial charge in [0.05, 0.1) is 6.54 Å². The standard InChI is InChI=1S/C17H19NO2S/c1-2-13-5-7-14(8-6-13)16(19)9-10-17(20)18-12-15-4-3-11-21-15/h3-8,11H,2,9-10,12H2,1H3,(H,18,20). The van der Waals surface area contributed by atoms with E-state index in [0.29, 0.717) is 12.1 Å². The van der Waals surface area contributed by atoms with Gasteiger partial charge in [0.25, 0.3) is 0 Å². The zero-order valence-corrected chi connectivity index (χ0v) is 12.9. The molecule has 1 amide bonds. The fraction of sp³-hybridized carbons (Fsp3) is 0.294. The lowest BCUT2D eigenvalue weighted by Crippen LogP contribution is -2.22. The lowest BCUT2D eigenvalue weighted by molar-refractivity contribution is -0.121. The van der Waals surface area contributed by atoms with Crippen LogP contribution in [0.25, 0.3) is 0 Å². The van der Waals surface area contributed by atoms with Crippen LogP contribution >= 0.6 is 11.3 Å². The van der Waals surface area contributed by atoms with Crippen LogP contribution in [-0.2, 0) is 17.8 Å². The fourth-order valence-corrected chi connectivity index (χ4v) is 2.63. The van der Waals surface area contributed by atoms with E-state index >= 15 is 0 Å². The Kier molecular flexibility index (Phi) is 5.69. The van der Waals surface area contributed by atoms with Gasteiger partial charge in [0.1, 0.15) is 0 Å². The molecule has 1 N–H and O–H groups in total. The lowest BCUT2D eigenvalue weighted by Gasteiger charge is -2.04. The van der Waals surface area contributed by atoms with Gasteiger partial charge in [-0.3, -0.25) is 9.59 Å². The first-order chi connectivity index (χ1) is 10.2. The van der Waals surface area contributed by atoms with Crippen LogP contribution in [0.15, 0.2) is 41.8 Å². The van der Waals surface area contributed by atoms with Crippen LogP contribution in [0.3, 0.4) is 0 Å². The Hall–Kier alpha value is -1.94. The number of aryl methyl sites for hydroxylation is 1. The number of thiophene rings is 1. The maximum atomic E-state index is 12.0. The molecule has 0 atom stereocenters. The minimum atomic E-state index is -0.0815. The highest BCUT2D eigenvalue weighted by molar-refractivity contribution is 7.09. The number of nitrogens with one attached hydrogen (secondary N) is 1. The molecule has 0 aliphatic heterocycles. The van der Waals surface area contributed by atoms with Crippen molar-refractivity contribution in [3.8, 4) is 0 Å². The molecule has 21 heavy (non-hydrogen) atoms. The lowest BCUT2D eigenvalue weighted by atomic mass is 10.0. The molecule has 2 aromatic rings. The Balaban J connectivity index is 1.76. The summed E-state index contributed by atoms with van der Waals surface area (Å²) < 4.78 is 0. The van der Waals surface area contributed by atoms with E-state index in [9.17, 15) is 9.59 Å². The topological polar surface area (TPSA) is 46.2 Å². The minimum Gasteiger partial charge on any atom is -0.351 e. The zero-order valence-electron chi connectivity index (χ0n) is 12.1. The summed E-state index contributed by atoms with van der Waals surface area (Å²) in [7, 11) is 0. The van der Waals surface area contributed by atoms with Crippen LogP contribution in [-0.4, -0.2) is 11.7 Å². The largest absolute Gasteiger partial charge is 0.351 e. The van der Waals surface area contributed by atoms with E-state index < -0.39 is 0 Å². The number of hydrogen-bond acceptors (Lipinski definition) is 3. The molecule has 1 heterocycles. The summed E-state index contributed by atoms with van der Waals surface area (Å²) in [4.78, 5) is 24.8. The first kappa shape index (κ1) is 15.4.